The molecule has 1 N–H and O–H groups in total. The number of methoxy groups -OCH3 is 1. The molecule has 154 valence electrons. The normalized spacial score (nSPS) is 12.8. The topological polar surface area (TPSA) is 67.9 Å². The Kier molecular flexibility index (Phi) is 5.99. The number of nitrogens with zero attached hydrogens (tertiary/aromatic N) is 1. The van der Waals surface area contributed by atoms with Crippen LogP contribution in [-0.2, 0) is 11.2 Å². The summed E-state index contributed by atoms with van der Waals surface area (Å²) in [6.45, 7) is 0.544. The second-order valence-corrected chi connectivity index (χ2v) is 7.84. The van der Waals surface area contributed by atoms with E-state index in [2.05, 4.69) is 5.32 Å². The molecular formula is C23H22N2O4S. The Hall–Kier alpha value is -3.32. The Labute approximate surface area is 179 Å². The minimum atomic E-state index is -0.273. The molecule has 2 heterocycles. The van der Waals surface area contributed by atoms with Crippen molar-refractivity contribution in [3.8, 4) is 11.5 Å². The van der Waals surface area contributed by atoms with Crippen LogP contribution in [0.25, 0.3) is 0 Å². The maximum Gasteiger partial charge on any atom is 0.268 e. The molecule has 0 saturated heterocycles. The summed E-state index contributed by atoms with van der Waals surface area (Å²) in [5.74, 6) is 0.946. The second-order valence-electron chi connectivity index (χ2n) is 6.90. The van der Waals surface area contributed by atoms with E-state index in [4.69, 9.17) is 9.47 Å². The number of ether oxygens (including phenoxy) is 2. The molecule has 1 aliphatic heterocycles. The fourth-order valence-corrected chi connectivity index (χ4v) is 4.11. The van der Waals surface area contributed by atoms with Gasteiger partial charge in [-0.2, -0.15) is 0 Å². The van der Waals surface area contributed by atoms with Gasteiger partial charge in [0.25, 0.3) is 11.8 Å². The molecule has 2 aromatic carbocycles. The maximum atomic E-state index is 12.9. The van der Waals surface area contributed by atoms with Crippen molar-refractivity contribution in [2.75, 3.05) is 30.5 Å². The first-order chi connectivity index (χ1) is 14.6. The van der Waals surface area contributed by atoms with Crippen molar-refractivity contribution in [3.63, 3.8) is 0 Å². The highest BCUT2D eigenvalue weighted by Gasteiger charge is 2.24. The quantitative estimate of drug-likeness (QED) is 0.641. The highest BCUT2D eigenvalue weighted by atomic mass is 32.1. The van der Waals surface area contributed by atoms with Crippen LogP contribution >= 0.6 is 11.3 Å². The molecule has 0 bridgehead atoms. The van der Waals surface area contributed by atoms with E-state index >= 15 is 0 Å². The molecule has 0 spiro atoms. The zero-order chi connectivity index (χ0) is 20.9. The van der Waals surface area contributed by atoms with Crippen molar-refractivity contribution < 1.29 is 19.1 Å². The van der Waals surface area contributed by atoms with E-state index in [0.717, 1.165) is 24.1 Å². The van der Waals surface area contributed by atoms with E-state index < -0.39 is 0 Å². The third-order valence-corrected chi connectivity index (χ3v) is 5.73. The van der Waals surface area contributed by atoms with Crippen molar-refractivity contribution >= 4 is 34.5 Å². The fourth-order valence-electron chi connectivity index (χ4n) is 3.43. The predicted molar refractivity (Wildman–Crippen MR) is 118 cm³/mol. The van der Waals surface area contributed by atoms with Crippen LogP contribution < -0.4 is 19.7 Å². The molecule has 2 amide bonds. The fraction of sp³-hybridized carbons (Fsp3) is 0.217. The minimum absolute atomic E-state index is 0.00390. The van der Waals surface area contributed by atoms with Crippen LogP contribution in [0.1, 0.15) is 21.7 Å². The zero-order valence-electron chi connectivity index (χ0n) is 16.6. The number of rotatable bonds is 6. The number of carbonyl (C=O) groups is 2. The van der Waals surface area contributed by atoms with Gasteiger partial charge in [0.15, 0.2) is 6.61 Å². The van der Waals surface area contributed by atoms with Crippen molar-refractivity contribution in [2.24, 2.45) is 0 Å². The molecule has 0 saturated carbocycles. The Morgan fingerprint density at radius 2 is 1.97 bits per heavy atom. The van der Waals surface area contributed by atoms with Crippen molar-refractivity contribution in [3.05, 3.63) is 70.4 Å². The van der Waals surface area contributed by atoms with Crippen LogP contribution in [0.4, 0.5) is 11.4 Å². The molecule has 3 aromatic rings. The second kappa shape index (κ2) is 9.00. The average Bonchev–Trinajstić information content (AvgIpc) is 3.32. The van der Waals surface area contributed by atoms with Gasteiger partial charge in [0.1, 0.15) is 11.5 Å². The third-order valence-electron chi connectivity index (χ3n) is 4.88. The Balaban J connectivity index is 1.44. The molecule has 6 nitrogen and oxygen atoms in total. The number of thiophene rings is 1. The lowest BCUT2D eigenvalue weighted by Crippen LogP contribution is -2.35. The maximum absolute atomic E-state index is 12.9. The van der Waals surface area contributed by atoms with E-state index in [0.29, 0.717) is 28.6 Å². The molecule has 0 atom stereocenters. The monoisotopic (exact) mass is 422 g/mol. The molecule has 4 rings (SSSR count). The molecule has 30 heavy (non-hydrogen) atoms. The number of hydrogen-bond acceptors (Lipinski definition) is 5. The standard InChI is InChI=1S/C23H22N2O4S/c1-28-18-6-2-7-19(14-18)29-15-22(26)24-17-10-9-16-5-3-11-25(20(16)13-17)23(27)21-8-4-12-30-21/h2,4,6-10,12-14H,3,5,11,15H2,1H3,(H,24,26). The van der Waals surface area contributed by atoms with Gasteiger partial charge < -0.3 is 19.7 Å². The summed E-state index contributed by atoms with van der Waals surface area (Å²) >= 11 is 1.43. The van der Waals surface area contributed by atoms with Gasteiger partial charge >= 0.3 is 0 Å². The third kappa shape index (κ3) is 4.46. The number of hydrogen-bond donors (Lipinski definition) is 1. The number of fused-ring (bicyclic) bond motifs is 1. The minimum Gasteiger partial charge on any atom is -0.497 e. The van der Waals surface area contributed by atoms with Gasteiger partial charge in [-0.05, 0) is 54.1 Å². The Morgan fingerprint density at radius 1 is 1.10 bits per heavy atom. The largest absolute Gasteiger partial charge is 0.497 e. The van der Waals surface area contributed by atoms with Crippen LogP contribution in [0.3, 0.4) is 0 Å². The molecule has 7 heteroatoms. The summed E-state index contributed by atoms with van der Waals surface area (Å²) in [4.78, 5) is 27.8. The van der Waals surface area contributed by atoms with Crippen LogP contribution in [0, 0.1) is 0 Å². The predicted octanol–water partition coefficient (Wildman–Crippen LogP) is 4.37. The van der Waals surface area contributed by atoms with Crippen LogP contribution in [0.15, 0.2) is 60.0 Å². The summed E-state index contributed by atoms with van der Waals surface area (Å²) in [7, 11) is 1.58. The number of nitrogens with one attached hydrogen (secondary N) is 1. The molecule has 0 unspecified atom stereocenters. The number of benzene rings is 2. The zero-order valence-corrected chi connectivity index (χ0v) is 17.4. The summed E-state index contributed by atoms with van der Waals surface area (Å²) in [6.07, 6.45) is 1.83. The Morgan fingerprint density at radius 3 is 2.77 bits per heavy atom. The van der Waals surface area contributed by atoms with Crippen LogP contribution in [0.2, 0.25) is 0 Å². The lowest BCUT2D eigenvalue weighted by Gasteiger charge is -2.29. The van der Waals surface area contributed by atoms with E-state index in [1.165, 1.54) is 11.3 Å². The molecule has 0 fully saturated rings. The first kappa shape index (κ1) is 20.0. The highest BCUT2D eigenvalue weighted by molar-refractivity contribution is 7.12. The average molecular weight is 423 g/mol. The van der Waals surface area contributed by atoms with Crippen molar-refractivity contribution in [2.45, 2.75) is 12.8 Å². The van der Waals surface area contributed by atoms with Gasteiger partial charge in [-0.25, -0.2) is 0 Å². The SMILES string of the molecule is COc1cccc(OCC(=O)Nc2ccc3c(c2)N(C(=O)c2cccs2)CCC3)c1. The van der Waals surface area contributed by atoms with E-state index in [1.807, 2.05) is 41.8 Å². The van der Waals surface area contributed by atoms with Crippen molar-refractivity contribution in [1.82, 2.24) is 0 Å². The summed E-state index contributed by atoms with van der Waals surface area (Å²) in [5.41, 5.74) is 2.60. The molecule has 1 aromatic heterocycles. The van der Waals surface area contributed by atoms with Gasteiger partial charge in [-0.3, -0.25) is 9.59 Å². The number of aryl methyl sites for hydroxylation is 1. The van der Waals surface area contributed by atoms with Gasteiger partial charge in [0, 0.05) is 24.0 Å². The summed E-state index contributed by atoms with van der Waals surface area (Å²) < 4.78 is 10.7. The Bertz CT molecular complexity index is 1050. The highest BCUT2D eigenvalue weighted by Crippen LogP contribution is 2.32. The first-order valence-corrected chi connectivity index (χ1v) is 10.6. The molecule has 0 aliphatic carbocycles. The molecular weight excluding hydrogens is 400 g/mol. The summed E-state index contributed by atoms with van der Waals surface area (Å²) in [6, 6.07) is 16.5. The lowest BCUT2D eigenvalue weighted by atomic mass is 10.0. The van der Waals surface area contributed by atoms with Crippen molar-refractivity contribution in [1.29, 1.82) is 0 Å². The van der Waals surface area contributed by atoms with Gasteiger partial charge in [-0.15, -0.1) is 11.3 Å². The van der Waals surface area contributed by atoms with Crippen LogP contribution in [-0.4, -0.2) is 32.1 Å². The lowest BCUT2D eigenvalue weighted by molar-refractivity contribution is -0.118. The van der Waals surface area contributed by atoms with E-state index in [1.54, 1.807) is 30.2 Å². The van der Waals surface area contributed by atoms with E-state index in [9.17, 15) is 9.59 Å². The molecule has 0 radical (unpaired) electrons. The van der Waals surface area contributed by atoms with E-state index in [-0.39, 0.29) is 18.4 Å². The smallest absolute Gasteiger partial charge is 0.268 e. The van der Waals surface area contributed by atoms with Crippen LogP contribution in [0.5, 0.6) is 11.5 Å². The van der Waals surface area contributed by atoms with Gasteiger partial charge in [0.2, 0.25) is 0 Å². The number of carbonyl (C=O) groups excluding carboxylic acids is 2. The number of anilines is 2. The van der Waals surface area contributed by atoms with Gasteiger partial charge in [-0.1, -0.05) is 18.2 Å². The molecule has 1 aliphatic rings. The summed E-state index contributed by atoms with van der Waals surface area (Å²) in [5, 5.41) is 4.75. The number of amides is 2. The van der Waals surface area contributed by atoms with Gasteiger partial charge in [0.05, 0.1) is 12.0 Å². The first-order valence-electron chi connectivity index (χ1n) is 9.69.